The number of hydrogen-bond acceptors (Lipinski definition) is 2. The van der Waals surface area contributed by atoms with E-state index in [4.69, 9.17) is 10.8 Å². The summed E-state index contributed by atoms with van der Waals surface area (Å²) in [4.78, 5) is 0. The second-order valence-corrected chi connectivity index (χ2v) is 4.31. The third-order valence-electron chi connectivity index (χ3n) is 2.51. The average Bonchev–Trinajstić information content (AvgIpc) is 2.28. The number of rotatable bonds is 10. The van der Waals surface area contributed by atoms with Crippen LogP contribution in [0.1, 0.15) is 78.1 Å². The predicted octanol–water partition coefficient (Wildman–Crippen LogP) is 3.86. The van der Waals surface area contributed by atoms with E-state index in [1.165, 1.54) is 57.8 Å². The van der Waals surface area contributed by atoms with Gasteiger partial charge in [0.2, 0.25) is 0 Å². The molecule has 0 aliphatic rings. The Morgan fingerprint density at radius 1 is 0.688 bits per heavy atom. The van der Waals surface area contributed by atoms with Gasteiger partial charge in [-0.25, -0.2) is 0 Å². The van der Waals surface area contributed by atoms with E-state index in [-0.39, 0.29) is 0 Å². The van der Waals surface area contributed by atoms with E-state index in [1.54, 1.807) is 0 Å². The normalized spacial score (nSPS) is 9.75. The monoisotopic (exact) mass is 231 g/mol. The molecule has 0 aliphatic carbocycles. The first kappa shape index (κ1) is 18.3. The van der Waals surface area contributed by atoms with E-state index in [2.05, 4.69) is 6.92 Å². The van der Waals surface area contributed by atoms with E-state index in [0.29, 0.717) is 6.61 Å². The smallest absolute Gasteiger partial charge is 0.0431 e. The molecule has 0 spiro atoms. The van der Waals surface area contributed by atoms with Gasteiger partial charge in [-0.05, 0) is 13.0 Å². The predicted molar refractivity (Wildman–Crippen MR) is 73.7 cm³/mol. The maximum atomic E-state index is 8.57. The topological polar surface area (TPSA) is 46.2 Å². The minimum atomic E-state index is 0.372. The maximum Gasteiger partial charge on any atom is 0.0431 e. The summed E-state index contributed by atoms with van der Waals surface area (Å²) in [5, 5.41) is 8.57. The number of unbranched alkanes of at least 4 members (excludes halogenated alkanes) is 9. The molecule has 0 aromatic rings. The summed E-state index contributed by atoms with van der Waals surface area (Å²) in [5.41, 5.74) is 4.85. The lowest BCUT2D eigenvalue weighted by atomic mass is 10.1. The SMILES string of the molecule is CCCCCCCCCCCCO.CCN. The van der Waals surface area contributed by atoms with Crippen LogP contribution in [0.25, 0.3) is 0 Å². The van der Waals surface area contributed by atoms with Crippen LogP contribution in [0.2, 0.25) is 0 Å². The molecule has 0 fully saturated rings. The van der Waals surface area contributed by atoms with Crippen LogP contribution < -0.4 is 5.73 Å². The minimum absolute atomic E-state index is 0.372. The van der Waals surface area contributed by atoms with Crippen molar-refractivity contribution in [2.24, 2.45) is 5.73 Å². The molecule has 0 aromatic heterocycles. The molecule has 0 heterocycles. The van der Waals surface area contributed by atoms with Crippen molar-refractivity contribution in [1.29, 1.82) is 0 Å². The van der Waals surface area contributed by atoms with Crippen molar-refractivity contribution >= 4 is 0 Å². The molecule has 2 nitrogen and oxygen atoms in total. The Hall–Kier alpha value is -0.0800. The van der Waals surface area contributed by atoms with Gasteiger partial charge in [0.1, 0.15) is 0 Å². The van der Waals surface area contributed by atoms with Crippen LogP contribution >= 0.6 is 0 Å². The summed E-state index contributed by atoms with van der Waals surface area (Å²) in [6.07, 6.45) is 13.3. The van der Waals surface area contributed by atoms with Crippen LogP contribution in [0.15, 0.2) is 0 Å². The van der Waals surface area contributed by atoms with Gasteiger partial charge in [0, 0.05) is 6.61 Å². The molecule has 0 aliphatic heterocycles. The Kier molecular flexibility index (Phi) is 23.3. The Morgan fingerprint density at radius 3 is 1.31 bits per heavy atom. The van der Waals surface area contributed by atoms with Crippen LogP contribution in [-0.4, -0.2) is 18.3 Å². The van der Waals surface area contributed by atoms with Crippen molar-refractivity contribution in [1.82, 2.24) is 0 Å². The zero-order valence-electron chi connectivity index (χ0n) is 11.5. The van der Waals surface area contributed by atoms with E-state index >= 15 is 0 Å². The molecule has 0 atom stereocenters. The van der Waals surface area contributed by atoms with Crippen LogP contribution in [0.3, 0.4) is 0 Å². The Labute approximate surface area is 103 Å². The highest BCUT2D eigenvalue weighted by atomic mass is 16.2. The van der Waals surface area contributed by atoms with Gasteiger partial charge in [-0.15, -0.1) is 0 Å². The molecule has 2 heteroatoms. The van der Waals surface area contributed by atoms with Crippen LogP contribution in [0, 0.1) is 0 Å². The zero-order valence-corrected chi connectivity index (χ0v) is 11.5. The first-order valence-corrected chi connectivity index (χ1v) is 7.14. The highest BCUT2D eigenvalue weighted by Crippen LogP contribution is 2.09. The largest absolute Gasteiger partial charge is 0.396 e. The summed E-state index contributed by atoms with van der Waals surface area (Å²) in [7, 11) is 0. The van der Waals surface area contributed by atoms with Crippen molar-refractivity contribution in [3.8, 4) is 0 Å². The van der Waals surface area contributed by atoms with Crippen LogP contribution in [0.4, 0.5) is 0 Å². The van der Waals surface area contributed by atoms with Crippen molar-refractivity contribution in [3.05, 3.63) is 0 Å². The third kappa shape index (κ3) is 23.6. The Morgan fingerprint density at radius 2 is 1.00 bits per heavy atom. The molecule has 0 aromatic carbocycles. The summed E-state index contributed by atoms with van der Waals surface area (Å²) < 4.78 is 0. The molecular formula is C14H33NO. The quantitative estimate of drug-likeness (QED) is 0.561. The van der Waals surface area contributed by atoms with E-state index < -0.39 is 0 Å². The highest BCUT2D eigenvalue weighted by molar-refractivity contribution is 4.46. The van der Waals surface area contributed by atoms with Gasteiger partial charge in [0.15, 0.2) is 0 Å². The first-order valence-electron chi connectivity index (χ1n) is 7.14. The molecule has 0 radical (unpaired) electrons. The van der Waals surface area contributed by atoms with Crippen molar-refractivity contribution in [2.45, 2.75) is 78.1 Å². The molecule has 0 bridgehead atoms. The van der Waals surface area contributed by atoms with Crippen molar-refractivity contribution in [3.63, 3.8) is 0 Å². The maximum absolute atomic E-state index is 8.57. The molecule has 16 heavy (non-hydrogen) atoms. The second kappa shape index (κ2) is 20.3. The second-order valence-electron chi connectivity index (χ2n) is 4.31. The summed E-state index contributed by atoms with van der Waals surface area (Å²) in [6, 6.07) is 0. The average molecular weight is 231 g/mol. The van der Waals surface area contributed by atoms with E-state index in [1.807, 2.05) is 6.92 Å². The van der Waals surface area contributed by atoms with Crippen LogP contribution in [0.5, 0.6) is 0 Å². The Balaban J connectivity index is 0. The molecule has 0 unspecified atom stereocenters. The van der Waals surface area contributed by atoms with Crippen LogP contribution in [-0.2, 0) is 0 Å². The number of aliphatic hydroxyl groups excluding tert-OH is 1. The highest BCUT2D eigenvalue weighted by Gasteiger charge is 1.91. The fourth-order valence-electron chi connectivity index (χ4n) is 1.60. The lowest BCUT2D eigenvalue weighted by molar-refractivity contribution is 0.282. The summed E-state index contributed by atoms with van der Waals surface area (Å²) in [6.45, 7) is 5.28. The number of aliphatic hydroxyl groups is 1. The lowest BCUT2D eigenvalue weighted by Crippen LogP contribution is -1.87. The molecule has 0 amide bonds. The van der Waals surface area contributed by atoms with Gasteiger partial charge in [-0.3, -0.25) is 0 Å². The number of hydrogen-bond donors (Lipinski definition) is 2. The van der Waals surface area contributed by atoms with Gasteiger partial charge in [0.05, 0.1) is 0 Å². The molecule has 0 saturated carbocycles. The molecule has 100 valence electrons. The zero-order chi connectivity index (χ0) is 12.5. The van der Waals surface area contributed by atoms with Gasteiger partial charge in [-0.2, -0.15) is 0 Å². The van der Waals surface area contributed by atoms with Crippen molar-refractivity contribution < 1.29 is 5.11 Å². The summed E-state index contributed by atoms with van der Waals surface area (Å²) >= 11 is 0. The van der Waals surface area contributed by atoms with Gasteiger partial charge < -0.3 is 10.8 Å². The first-order chi connectivity index (χ1) is 7.83. The van der Waals surface area contributed by atoms with Gasteiger partial charge >= 0.3 is 0 Å². The molecular weight excluding hydrogens is 198 g/mol. The van der Waals surface area contributed by atoms with Gasteiger partial charge in [-0.1, -0.05) is 71.6 Å². The standard InChI is InChI=1S/C12H26O.C2H7N/c1-2-3-4-5-6-7-8-9-10-11-12-13;1-2-3/h13H,2-12H2,1H3;2-3H2,1H3. The third-order valence-corrected chi connectivity index (χ3v) is 2.51. The molecule has 0 saturated heterocycles. The fraction of sp³-hybridized carbons (Fsp3) is 1.00. The van der Waals surface area contributed by atoms with Gasteiger partial charge in [0.25, 0.3) is 0 Å². The lowest BCUT2D eigenvalue weighted by Gasteiger charge is -2.00. The number of nitrogens with two attached hydrogens (primary N) is 1. The fourth-order valence-corrected chi connectivity index (χ4v) is 1.60. The summed E-state index contributed by atoms with van der Waals surface area (Å²) in [5.74, 6) is 0. The van der Waals surface area contributed by atoms with Crippen molar-refractivity contribution in [2.75, 3.05) is 13.2 Å². The molecule has 0 rings (SSSR count). The van der Waals surface area contributed by atoms with E-state index in [9.17, 15) is 0 Å². The Bertz CT molecular complexity index is 86.7. The minimum Gasteiger partial charge on any atom is -0.396 e. The molecule has 3 N–H and O–H groups in total. The van der Waals surface area contributed by atoms with E-state index in [0.717, 1.165) is 13.0 Å².